The molecule has 0 aromatic heterocycles. The molecule has 0 fully saturated rings. The topological polar surface area (TPSA) is 71.4 Å². The number of carboxylic acid groups (broad SMARTS) is 1. The van der Waals surface area contributed by atoms with E-state index in [-0.39, 0.29) is 33.7 Å². The molecule has 3 aromatic rings. The zero-order chi connectivity index (χ0) is 21.8. The standard InChI is InChI=1S/C23H21ClO4S2.Mg/c1-23(22(25)26,15-29-20-5-3-2-4-6-20)16-30(27,28)21-13-9-18(10-14-21)17-7-11-19(24)12-8-17;/h2-14H,15-16H2,1H3,(H,25,26);/q;+2/t23-;/m1./s1. The van der Waals surface area contributed by atoms with Crippen molar-refractivity contribution in [3.63, 3.8) is 0 Å². The zero-order valence-corrected chi connectivity index (χ0v) is 20.8. The minimum atomic E-state index is -3.79. The maximum atomic E-state index is 13.0. The second-order valence-corrected chi connectivity index (χ2v) is 10.7. The van der Waals surface area contributed by atoms with Gasteiger partial charge in [0.15, 0.2) is 9.84 Å². The fraction of sp³-hybridized carbons (Fsp3) is 0.174. The van der Waals surface area contributed by atoms with Crippen LogP contribution in [0.25, 0.3) is 11.1 Å². The molecule has 8 heteroatoms. The molecule has 1 N–H and O–H groups in total. The van der Waals surface area contributed by atoms with E-state index in [0.29, 0.717) is 5.02 Å². The summed E-state index contributed by atoms with van der Waals surface area (Å²) in [6, 6.07) is 23.1. The summed E-state index contributed by atoms with van der Waals surface area (Å²) in [6.45, 7) is 1.48. The Morgan fingerprint density at radius 1 is 0.935 bits per heavy atom. The smallest absolute Gasteiger partial charge is 0.481 e. The first-order valence-corrected chi connectivity index (χ1v) is 12.2. The van der Waals surface area contributed by atoms with Gasteiger partial charge in [-0.2, -0.15) is 0 Å². The molecule has 0 heterocycles. The fourth-order valence-electron chi connectivity index (χ4n) is 2.92. The van der Waals surface area contributed by atoms with Crippen molar-refractivity contribution < 1.29 is 18.3 Å². The van der Waals surface area contributed by atoms with Gasteiger partial charge in [0.25, 0.3) is 0 Å². The summed E-state index contributed by atoms with van der Waals surface area (Å²) in [5, 5.41) is 10.4. The molecule has 0 aliphatic rings. The Balaban J connectivity index is 0.00000341. The molecule has 3 aromatic carbocycles. The largest absolute Gasteiger partial charge is 2.00 e. The molecule has 0 saturated carbocycles. The summed E-state index contributed by atoms with van der Waals surface area (Å²) >= 11 is 7.24. The summed E-state index contributed by atoms with van der Waals surface area (Å²) in [6.07, 6.45) is 0. The van der Waals surface area contributed by atoms with Crippen LogP contribution in [0.1, 0.15) is 6.92 Å². The van der Waals surface area contributed by atoms with Crippen molar-refractivity contribution in [1.29, 1.82) is 0 Å². The molecule has 0 aliphatic heterocycles. The monoisotopic (exact) mass is 484 g/mol. The molecule has 0 bridgehead atoms. The molecule has 0 aliphatic carbocycles. The Kier molecular flexibility index (Phi) is 9.03. The first kappa shape index (κ1) is 25.7. The van der Waals surface area contributed by atoms with Gasteiger partial charge in [0.2, 0.25) is 0 Å². The van der Waals surface area contributed by atoms with Crippen molar-refractivity contribution in [1.82, 2.24) is 0 Å². The molecule has 31 heavy (non-hydrogen) atoms. The van der Waals surface area contributed by atoms with Crippen LogP contribution in [0.3, 0.4) is 0 Å². The van der Waals surface area contributed by atoms with Crippen LogP contribution < -0.4 is 0 Å². The van der Waals surface area contributed by atoms with Crippen molar-refractivity contribution in [2.45, 2.75) is 16.7 Å². The van der Waals surface area contributed by atoms with Gasteiger partial charge in [-0.15, -0.1) is 11.8 Å². The van der Waals surface area contributed by atoms with Crippen molar-refractivity contribution in [2.24, 2.45) is 5.41 Å². The number of benzene rings is 3. The van der Waals surface area contributed by atoms with Crippen LogP contribution in [-0.2, 0) is 14.6 Å². The summed E-state index contributed by atoms with van der Waals surface area (Å²) in [5.74, 6) is -1.46. The Bertz CT molecular complexity index is 1120. The van der Waals surface area contributed by atoms with E-state index in [0.717, 1.165) is 16.0 Å². The number of carbonyl (C=O) groups is 1. The first-order chi connectivity index (χ1) is 14.2. The SMILES string of the molecule is C[C@@](CSc1ccccc1)(CS(=O)(=O)c1ccc(-c2ccc(Cl)cc2)cc1)C(=O)O.[Mg+2]. The van der Waals surface area contributed by atoms with E-state index in [9.17, 15) is 18.3 Å². The Labute approximate surface area is 208 Å². The molecule has 0 amide bonds. The predicted molar refractivity (Wildman–Crippen MR) is 128 cm³/mol. The Morgan fingerprint density at radius 3 is 1.97 bits per heavy atom. The van der Waals surface area contributed by atoms with Crippen molar-refractivity contribution in [3.8, 4) is 11.1 Å². The summed E-state index contributed by atoms with van der Waals surface area (Å²) < 4.78 is 25.9. The molecule has 4 nitrogen and oxygen atoms in total. The van der Waals surface area contributed by atoms with E-state index >= 15 is 0 Å². The average molecular weight is 485 g/mol. The van der Waals surface area contributed by atoms with Gasteiger partial charge in [0.1, 0.15) is 0 Å². The van der Waals surface area contributed by atoms with Gasteiger partial charge in [-0.05, 0) is 54.4 Å². The van der Waals surface area contributed by atoms with Crippen LogP contribution in [0.2, 0.25) is 5.02 Å². The fourth-order valence-corrected chi connectivity index (χ4v) is 6.02. The molecular weight excluding hydrogens is 464 g/mol. The van der Waals surface area contributed by atoms with E-state index in [1.807, 2.05) is 42.5 Å². The number of rotatable bonds is 8. The predicted octanol–water partition coefficient (Wildman–Crippen LogP) is 5.28. The van der Waals surface area contributed by atoms with E-state index in [1.165, 1.54) is 30.8 Å². The number of hydrogen-bond donors (Lipinski definition) is 1. The van der Waals surface area contributed by atoms with E-state index < -0.39 is 27.0 Å². The van der Waals surface area contributed by atoms with E-state index in [1.54, 1.807) is 24.3 Å². The van der Waals surface area contributed by atoms with Gasteiger partial charge >= 0.3 is 29.0 Å². The van der Waals surface area contributed by atoms with Crippen molar-refractivity contribution >= 4 is 62.2 Å². The number of hydrogen-bond acceptors (Lipinski definition) is 4. The van der Waals surface area contributed by atoms with Crippen LogP contribution in [0.5, 0.6) is 0 Å². The molecular formula is C23H21ClMgO4S2+2. The third-order valence-corrected chi connectivity index (χ3v) is 8.36. The number of sulfone groups is 1. The molecule has 0 unspecified atom stereocenters. The van der Waals surface area contributed by atoms with E-state index in [2.05, 4.69) is 0 Å². The van der Waals surface area contributed by atoms with Gasteiger partial charge in [-0.25, -0.2) is 8.42 Å². The maximum Gasteiger partial charge on any atom is 2.00 e. The number of thioether (sulfide) groups is 1. The molecule has 0 radical (unpaired) electrons. The van der Waals surface area contributed by atoms with Gasteiger partial charge in [-0.1, -0.05) is 54.1 Å². The second kappa shape index (κ2) is 10.9. The zero-order valence-electron chi connectivity index (χ0n) is 17.0. The third kappa shape index (κ3) is 6.73. The van der Waals surface area contributed by atoms with Gasteiger partial charge < -0.3 is 5.11 Å². The summed E-state index contributed by atoms with van der Waals surface area (Å²) in [4.78, 5) is 12.9. The van der Waals surface area contributed by atoms with Gasteiger partial charge in [0.05, 0.1) is 16.1 Å². The summed E-state index contributed by atoms with van der Waals surface area (Å²) in [5.41, 5.74) is 0.345. The normalized spacial score (nSPS) is 13.1. The number of halogens is 1. The Hall–Kier alpha value is -1.51. The van der Waals surface area contributed by atoms with Crippen molar-refractivity contribution in [2.75, 3.05) is 11.5 Å². The Morgan fingerprint density at radius 2 is 1.45 bits per heavy atom. The minimum absolute atomic E-state index is 0. The van der Waals surface area contributed by atoms with Crippen LogP contribution in [0.15, 0.2) is 88.7 Å². The molecule has 0 saturated heterocycles. The van der Waals surface area contributed by atoms with Gasteiger partial charge in [0, 0.05) is 15.7 Å². The molecule has 156 valence electrons. The van der Waals surface area contributed by atoms with Crippen LogP contribution in [0.4, 0.5) is 0 Å². The number of carboxylic acids is 1. The molecule has 0 spiro atoms. The van der Waals surface area contributed by atoms with E-state index in [4.69, 9.17) is 11.6 Å². The third-order valence-electron chi connectivity index (χ3n) is 4.72. The minimum Gasteiger partial charge on any atom is -0.481 e. The van der Waals surface area contributed by atoms with Crippen LogP contribution in [0, 0.1) is 5.41 Å². The van der Waals surface area contributed by atoms with Gasteiger partial charge in [-0.3, -0.25) is 4.79 Å². The van der Waals surface area contributed by atoms with Crippen LogP contribution >= 0.6 is 23.4 Å². The molecule has 3 rings (SSSR count). The average Bonchev–Trinajstić information content (AvgIpc) is 2.73. The van der Waals surface area contributed by atoms with Crippen molar-refractivity contribution in [3.05, 3.63) is 83.9 Å². The molecule has 1 atom stereocenters. The first-order valence-electron chi connectivity index (χ1n) is 9.20. The quantitative estimate of drug-likeness (QED) is 0.347. The maximum absolute atomic E-state index is 13.0. The second-order valence-electron chi connectivity index (χ2n) is 7.26. The summed E-state index contributed by atoms with van der Waals surface area (Å²) in [7, 11) is -3.79. The van der Waals surface area contributed by atoms with Crippen LogP contribution in [-0.4, -0.2) is 54.1 Å². The number of aliphatic carboxylic acids is 1.